The fraction of sp³-hybridized carbons (Fsp3) is 0.469. The standard InChI is InChI=1S/C32H39N3O2/c33-31(36)27-15-18-34-17-5-1-2-7-23-11-12-26(23)20-35-21-32(16-6-9-24-8-3-4-10-28(24)32)22-37-30-14-13-25(27)19-29(30)35/h1-4,6,8-10,13-14,19,23,26-27,34H,5,7,11-12,15-18,20-22H2,(H2,33,36). The summed E-state index contributed by atoms with van der Waals surface area (Å²) in [6, 6.07) is 15.1. The van der Waals surface area contributed by atoms with Crippen LogP contribution in [-0.2, 0) is 10.2 Å². The van der Waals surface area contributed by atoms with Crippen molar-refractivity contribution in [2.24, 2.45) is 17.6 Å². The molecular weight excluding hydrogens is 458 g/mol. The van der Waals surface area contributed by atoms with E-state index in [-0.39, 0.29) is 17.2 Å². The molecular formula is C32H39N3O2. The zero-order chi connectivity index (χ0) is 25.2. The van der Waals surface area contributed by atoms with Crippen LogP contribution in [0, 0.1) is 11.8 Å². The highest BCUT2D eigenvalue weighted by atomic mass is 16.5. The number of benzene rings is 2. The van der Waals surface area contributed by atoms with Gasteiger partial charge in [-0.3, -0.25) is 4.79 Å². The maximum absolute atomic E-state index is 12.5. The van der Waals surface area contributed by atoms with Gasteiger partial charge in [0.1, 0.15) is 5.75 Å². The first-order chi connectivity index (χ1) is 18.1. The number of allylic oxidation sites excluding steroid dienone is 2. The third-order valence-corrected chi connectivity index (χ3v) is 9.14. The number of nitrogens with zero attached hydrogens (tertiary/aromatic N) is 1. The molecule has 3 N–H and O–H groups in total. The van der Waals surface area contributed by atoms with Crippen molar-refractivity contribution in [1.29, 1.82) is 0 Å². The fourth-order valence-electron chi connectivity index (χ4n) is 6.82. The number of rotatable bonds is 1. The molecule has 5 heteroatoms. The van der Waals surface area contributed by atoms with Crippen LogP contribution in [-0.4, -0.2) is 38.7 Å². The zero-order valence-corrected chi connectivity index (χ0v) is 21.7. The second-order valence-corrected chi connectivity index (χ2v) is 11.5. The molecule has 6 rings (SSSR count). The van der Waals surface area contributed by atoms with Gasteiger partial charge in [0.25, 0.3) is 0 Å². The van der Waals surface area contributed by atoms with Gasteiger partial charge in [-0.1, -0.05) is 54.6 Å². The molecule has 2 aromatic rings. The summed E-state index contributed by atoms with van der Waals surface area (Å²) in [5, 5.41) is 3.49. The van der Waals surface area contributed by atoms with Gasteiger partial charge in [0.05, 0.1) is 23.6 Å². The maximum atomic E-state index is 12.5. The van der Waals surface area contributed by atoms with Crippen LogP contribution in [0.3, 0.4) is 0 Å². The van der Waals surface area contributed by atoms with Crippen LogP contribution >= 0.6 is 0 Å². The Morgan fingerprint density at radius 3 is 2.78 bits per heavy atom. The Bertz CT molecular complexity index is 1200. The van der Waals surface area contributed by atoms with Crippen molar-refractivity contribution in [2.45, 2.75) is 49.9 Å². The molecule has 0 saturated heterocycles. The molecule has 1 spiro atoms. The highest BCUT2D eigenvalue weighted by molar-refractivity contribution is 5.82. The number of hydrogen-bond donors (Lipinski definition) is 2. The molecule has 2 aliphatic heterocycles. The summed E-state index contributed by atoms with van der Waals surface area (Å²) < 4.78 is 6.62. The van der Waals surface area contributed by atoms with Gasteiger partial charge in [-0.2, -0.15) is 0 Å². The third-order valence-electron chi connectivity index (χ3n) is 9.14. The molecule has 2 heterocycles. The fourth-order valence-corrected chi connectivity index (χ4v) is 6.82. The van der Waals surface area contributed by atoms with E-state index in [0.29, 0.717) is 18.9 Å². The van der Waals surface area contributed by atoms with Crippen LogP contribution < -0.4 is 20.7 Å². The van der Waals surface area contributed by atoms with Gasteiger partial charge in [-0.05, 0) is 92.3 Å². The predicted molar refractivity (Wildman–Crippen MR) is 150 cm³/mol. The molecule has 1 saturated carbocycles. The number of amides is 1. The van der Waals surface area contributed by atoms with E-state index in [1.807, 2.05) is 0 Å². The second kappa shape index (κ2) is 10.4. The number of carbonyl (C=O) groups is 1. The van der Waals surface area contributed by atoms with Crippen molar-refractivity contribution < 1.29 is 9.53 Å². The molecule has 4 atom stereocenters. The first-order valence-corrected chi connectivity index (χ1v) is 14.1. The average Bonchev–Trinajstić information content (AvgIpc) is 3.04. The van der Waals surface area contributed by atoms with E-state index in [4.69, 9.17) is 10.5 Å². The topological polar surface area (TPSA) is 67.6 Å². The minimum Gasteiger partial charge on any atom is -0.490 e. The highest BCUT2D eigenvalue weighted by Gasteiger charge is 2.42. The molecule has 2 aliphatic carbocycles. The largest absolute Gasteiger partial charge is 0.490 e. The maximum Gasteiger partial charge on any atom is 0.225 e. The van der Waals surface area contributed by atoms with Crippen molar-refractivity contribution in [3.8, 4) is 5.75 Å². The molecule has 37 heavy (non-hydrogen) atoms. The number of carbonyl (C=O) groups excluding carboxylic acids is 1. The van der Waals surface area contributed by atoms with Crippen LogP contribution in [0.15, 0.2) is 60.7 Å². The number of primary amides is 1. The Hall–Kier alpha value is -3.05. The smallest absolute Gasteiger partial charge is 0.225 e. The van der Waals surface area contributed by atoms with Crippen LogP contribution in [0.5, 0.6) is 5.75 Å². The predicted octanol–water partition coefficient (Wildman–Crippen LogP) is 5.17. The van der Waals surface area contributed by atoms with Gasteiger partial charge in [-0.25, -0.2) is 0 Å². The quantitative estimate of drug-likeness (QED) is 0.534. The Kier molecular flexibility index (Phi) is 6.81. The molecule has 4 aliphatic rings. The van der Waals surface area contributed by atoms with Gasteiger partial charge in [-0.15, -0.1) is 0 Å². The van der Waals surface area contributed by atoms with Crippen molar-refractivity contribution in [1.82, 2.24) is 5.32 Å². The van der Waals surface area contributed by atoms with Gasteiger partial charge >= 0.3 is 0 Å². The summed E-state index contributed by atoms with van der Waals surface area (Å²) in [4.78, 5) is 15.1. The summed E-state index contributed by atoms with van der Waals surface area (Å²) in [6.07, 6.45) is 15.7. The van der Waals surface area contributed by atoms with E-state index in [9.17, 15) is 4.79 Å². The number of nitrogens with two attached hydrogens (primary N) is 1. The lowest BCUT2D eigenvalue weighted by Gasteiger charge is -2.43. The molecule has 1 fully saturated rings. The summed E-state index contributed by atoms with van der Waals surface area (Å²) in [6.45, 7) is 4.29. The Morgan fingerprint density at radius 2 is 1.92 bits per heavy atom. The van der Waals surface area contributed by atoms with Crippen molar-refractivity contribution >= 4 is 17.7 Å². The molecule has 0 radical (unpaired) electrons. The summed E-state index contributed by atoms with van der Waals surface area (Å²) in [7, 11) is 0. The Labute approximate surface area is 220 Å². The Morgan fingerprint density at radius 1 is 1.03 bits per heavy atom. The molecule has 4 unspecified atom stereocenters. The lowest BCUT2D eigenvalue weighted by Crippen LogP contribution is -2.47. The number of anilines is 1. The molecule has 194 valence electrons. The van der Waals surface area contributed by atoms with E-state index in [0.717, 1.165) is 61.9 Å². The average molecular weight is 498 g/mol. The SMILES string of the molecule is NC(=O)C1CCNCCC=CCC2CCC2CN2CC3(CC=Cc4ccccc43)COc3ccc1cc32. The summed E-state index contributed by atoms with van der Waals surface area (Å²) in [5.74, 6) is 1.76. The summed E-state index contributed by atoms with van der Waals surface area (Å²) >= 11 is 0. The number of nitrogens with one attached hydrogen (secondary N) is 1. The highest BCUT2D eigenvalue weighted by Crippen LogP contribution is 2.46. The van der Waals surface area contributed by atoms with Crippen molar-refractivity contribution in [2.75, 3.05) is 37.7 Å². The van der Waals surface area contributed by atoms with E-state index < -0.39 is 0 Å². The van der Waals surface area contributed by atoms with E-state index >= 15 is 0 Å². The van der Waals surface area contributed by atoms with Crippen LogP contribution in [0.2, 0.25) is 0 Å². The zero-order valence-electron chi connectivity index (χ0n) is 21.7. The van der Waals surface area contributed by atoms with Gasteiger partial charge < -0.3 is 20.7 Å². The van der Waals surface area contributed by atoms with Gasteiger partial charge in [0, 0.05) is 13.1 Å². The first kappa shape index (κ1) is 24.3. The number of hydrogen-bond acceptors (Lipinski definition) is 4. The third kappa shape index (κ3) is 4.82. The second-order valence-electron chi connectivity index (χ2n) is 11.5. The number of fused-ring (bicyclic) bond motifs is 4. The number of ether oxygens (including phenoxy) is 1. The minimum absolute atomic E-state index is 0.0997. The molecule has 5 nitrogen and oxygen atoms in total. The first-order valence-electron chi connectivity index (χ1n) is 14.1. The lowest BCUT2D eigenvalue weighted by atomic mass is 9.70. The van der Waals surface area contributed by atoms with Gasteiger partial charge in [0.2, 0.25) is 5.91 Å². The van der Waals surface area contributed by atoms with Crippen molar-refractivity contribution in [3.05, 3.63) is 77.4 Å². The van der Waals surface area contributed by atoms with Gasteiger partial charge in [0.15, 0.2) is 0 Å². The van der Waals surface area contributed by atoms with E-state index in [1.54, 1.807) is 0 Å². The summed E-state index contributed by atoms with van der Waals surface area (Å²) in [5.41, 5.74) is 10.6. The Balaban J connectivity index is 1.40. The van der Waals surface area contributed by atoms with Crippen LogP contribution in [0.1, 0.15) is 61.1 Å². The molecule has 2 bridgehead atoms. The molecule has 0 aromatic heterocycles. The van der Waals surface area contributed by atoms with E-state index in [1.165, 1.54) is 30.4 Å². The van der Waals surface area contributed by atoms with Crippen LogP contribution in [0.4, 0.5) is 5.69 Å². The molecule has 2 aromatic carbocycles. The van der Waals surface area contributed by atoms with Crippen LogP contribution in [0.25, 0.3) is 6.08 Å². The lowest BCUT2D eigenvalue weighted by molar-refractivity contribution is -0.119. The monoisotopic (exact) mass is 497 g/mol. The van der Waals surface area contributed by atoms with E-state index in [2.05, 4.69) is 77.0 Å². The minimum atomic E-state index is -0.310. The van der Waals surface area contributed by atoms with Crippen molar-refractivity contribution in [3.63, 3.8) is 0 Å². The normalized spacial score (nSPS) is 29.4. The molecule has 1 amide bonds.